The van der Waals surface area contributed by atoms with Crippen molar-refractivity contribution in [3.05, 3.63) is 30.1 Å². The first kappa shape index (κ1) is 17.9. The van der Waals surface area contributed by atoms with E-state index in [1.54, 1.807) is 24.5 Å². The number of amides is 2. The van der Waals surface area contributed by atoms with Crippen molar-refractivity contribution >= 4 is 11.8 Å². The first-order chi connectivity index (χ1) is 12.2. The van der Waals surface area contributed by atoms with E-state index in [0.29, 0.717) is 25.1 Å². The molecule has 136 valence electrons. The van der Waals surface area contributed by atoms with Crippen molar-refractivity contribution in [1.82, 2.24) is 15.2 Å². The van der Waals surface area contributed by atoms with Gasteiger partial charge in [-0.2, -0.15) is 0 Å². The molecule has 2 amide bonds. The molecule has 1 N–H and O–H groups in total. The smallest absolute Gasteiger partial charge is 0.255 e. The lowest BCUT2D eigenvalue weighted by atomic mass is 9.86. The summed E-state index contributed by atoms with van der Waals surface area (Å²) in [6, 6.07) is 3.79. The van der Waals surface area contributed by atoms with Gasteiger partial charge in [-0.3, -0.25) is 14.6 Å². The second kappa shape index (κ2) is 8.97. The van der Waals surface area contributed by atoms with Gasteiger partial charge in [-0.25, -0.2) is 0 Å². The lowest BCUT2D eigenvalue weighted by molar-refractivity contribution is -0.122. The molecule has 5 nitrogen and oxygen atoms in total. The Labute approximate surface area is 150 Å². The Balaban J connectivity index is 1.37. The quantitative estimate of drug-likeness (QED) is 0.893. The van der Waals surface area contributed by atoms with Crippen molar-refractivity contribution in [1.29, 1.82) is 0 Å². The van der Waals surface area contributed by atoms with Crippen LogP contribution in [0, 0.1) is 5.92 Å². The van der Waals surface area contributed by atoms with Gasteiger partial charge in [0.1, 0.15) is 0 Å². The number of likely N-dealkylation sites (tertiary alicyclic amines) is 1. The maximum Gasteiger partial charge on any atom is 0.255 e. The molecule has 1 aromatic rings. The lowest BCUT2D eigenvalue weighted by Crippen LogP contribution is -2.46. The monoisotopic (exact) mass is 343 g/mol. The van der Waals surface area contributed by atoms with E-state index in [4.69, 9.17) is 0 Å². The Morgan fingerprint density at radius 3 is 2.56 bits per heavy atom. The molecule has 5 heteroatoms. The predicted octanol–water partition coefficient (Wildman–Crippen LogP) is 3.16. The Kier molecular flexibility index (Phi) is 6.42. The van der Waals surface area contributed by atoms with E-state index < -0.39 is 0 Å². The maximum atomic E-state index is 12.4. The minimum absolute atomic E-state index is 0.0372. The van der Waals surface area contributed by atoms with Gasteiger partial charge in [0.05, 0.1) is 5.56 Å². The SMILES string of the molecule is O=C(CCC1CCCCC1)NC1CCN(C(=O)c2cccnc2)CC1. The summed E-state index contributed by atoms with van der Waals surface area (Å²) >= 11 is 0. The zero-order chi connectivity index (χ0) is 17.5. The predicted molar refractivity (Wildman–Crippen MR) is 97.1 cm³/mol. The largest absolute Gasteiger partial charge is 0.353 e. The van der Waals surface area contributed by atoms with Crippen molar-refractivity contribution in [2.75, 3.05) is 13.1 Å². The van der Waals surface area contributed by atoms with E-state index >= 15 is 0 Å². The average Bonchev–Trinajstić information content (AvgIpc) is 2.68. The second-order valence-corrected chi connectivity index (χ2v) is 7.42. The normalized spacial score (nSPS) is 19.6. The summed E-state index contributed by atoms with van der Waals surface area (Å²) in [5.74, 6) is 0.969. The fraction of sp³-hybridized carbons (Fsp3) is 0.650. The minimum Gasteiger partial charge on any atom is -0.353 e. The average molecular weight is 343 g/mol. The molecule has 1 saturated carbocycles. The molecule has 0 spiro atoms. The van der Waals surface area contributed by atoms with Gasteiger partial charge in [0.15, 0.2) is 0 Å². The summed E-state index contributed by atoms with van der Waals surface area (Å²) in [5, 5.41) is 3.17. The van der Waals surface area contributed by atoms with Crippen LogP contribution in [0.2, 0.25) is 0 Å². The summed E-state index contributed by atoms with van der Waals surface area (Å²) in [7, 11) is 0. The van der Waals surface area contributed by atoms with Gasteiger partial charge in [0.2, 0.25) is 5.91 Å². The van der Waals surface area contributed by atoms with Gasteiger partial charge in [-0.15, -0.1) is 0 Å². The van der Waals surface area contributed by atoms with Crippen LogP contribution in [0.15, 0.2) is 24.5 Å². The third-order valence-corrected chi connectivity index (χ3v) is 5.56. The molecule has 1 saturated heterocycles. The summed E-state index contributed by atoms with van der Waals surface area (Å²) in [6.45, 7) is 1.39. The Hall–Kier alpha value is -1.91. The van der Waals surface area contributed by atoms with Gasteiger partial charge in [-0.05, 0) is 37.3 Å². The summed E-state index contributed by atoms with van der Waals surface area (Å²) < 4.78 is 0. The first-order valence-electron chi connectivity index (χ1n) is 9.71. The standard InChI is InChI=1S/C20H29N3O2/c24-19(9-8-16-5-2-1-3-6-16)22-18-10-13-23(14-11-18)20(25)17-7-4-12-21-15-17/h4,7,12,15-16,18H,1-3,5-6,8-11,13-14H2,(H,22,24). The van der Waals surface area contributed by atoms with Gasteiger partial charge in [0, 0.05) is 37.9 Å². The third-order valence-electron chi connectivity index (χ3n) is 5.56. The molecule has 1 aliphatic heterocycles. The molecule has 1 aliphatic carbocycles. The summed E-state index contributed by atoms with van der Waals surface area (Å²) in [6.07, 6.45) is 13.2. The molecule has 1 aromatic heterocycles. The molecule has 0 atom stereocenters. The number of nitrogens with zero attached hydrogens (tertiary/aromatic N) is 2. The molecular weight excluding hydrogens is 314 g/mol. The summed E-state index contributed by atoms with van der Waals surface area (Å²) in [5.41, 5.74) is 0.637. The molecular formula is C20H29N3O2. The van der Waals surface area contributed by atoms with Crippen LogP contribution < -0.4 is 5.32 Å². The molecule has 2 heterocycles. The zero-order valence-corrected chi connectivity index (χ0v) is 15.0. The molecule has 2 aliphatic rings. The third kappa shape index (κ3) is 5.28. The molecule has 2 fully saturated rings. The fourth-order valence-corrected chi connectivity index (χ4v) is 4.01. The minimum atomic E-state index is 0.0372. The molecule has 0 bridgehead atoms. The Bertz CT molecular complexity index is 562. The number of hydrogen-bond acceptors (Lipinski definition) is 3. The van der Waals surface area contributed by atoms with E-state index in [2.05, 4.69) is 10.3 Å². The van der Waals surface area contributed by atoms with Crippen molar-refractivity contribution < 1.29 is 9.59 Å². The molecule has 0 radical (unpaired) electrons. The number of carbonyl (C=O) groups is 2. The van der Waals surface area contributed by atoms with Crippen molar-refractivity contribution in [2.24, 2.45) is 5.92 Å². The highest BCUT2D eigenvalue weighted by atomic mass is 16.2. The maximum absolute atomic E-state index is 12.4. The highest BCUT2D eigenvalue weighted by molar-refractivity contribution is 5.93. The Morgan fingerprint density at radius 1 is 1.12 bits per heavy atom. The Morgan fingerprint density at radius 2 is 1.88 bits per heavy atom. The van der Waals surface area contributed by atoms with Crippen LogP contribution >= 0.6 is 0 Å². The molecule has 0 unspecified atom stereocenters. The second-order valence-electron chi connectivity index (χ2n) is 7.42. The van der Waals surface area contributed by atoms with Crippen LogP contribution in [0.1, 0.15) is 68.1 Å². The number of carbonyl (C=O) groups excluding carboxylic acids is 2. The van der Waals surface area contributed by atoms with E-state index in [0.717, 1.165) is 25.2 Å². The topological polar surface area (TPSA) is 62.3 Å². The van der Waals surface area contributed by atoms with Crippen molar-refractivity contribution in [3.8, 4) is 0 Å². The van der Waals surface area contributed by atoms with Gasteiger partial charge >= 0.3 is 0 Å². The van der Waals surface area contributed by atoms with Gasteiger partial charge < -0.3 is 10.2 Å². The van der Waals surface area contributed by atoms with E-state index in [1.165, 1.54) is 32.1 Å². The number of pyridine rings is 1. The van der Waals surface area contributed by atoms with Crippen LogP contribution in [0.4, 0.5) is 0 Å². The van der Waals surface area contributed by atoms with Crippen molar-refractivity contribution in [3.63, 3.8) is 0 Å². The molecule has 0 aromatic carbocycles. The van der Waals surface area contributed by atoms with Gasteiger partial charge in [-0.1, -0.05) is 32.1 Å². The first-order valence-corrected chi connectivity index (χ1v) is 9.71. The molecule has 3 rings (SSSR count). The summed E-state index contributed by atoms with van der Waals surface area (Å²) in [4.78, 5) is 30.5. The number of rotatable bonds is 5. The highest BCUT2D eigenvalue weighted by Crippen LogP contribution is 2.27. The van der Waals surface area contributed by atoms with Crippen LogP contribution in [-0.2, 0) is 4.79 Å². The lowest BCUT2D eigenvalue weighted by Gasteiger charge is -2.32. The fourth-order valence-electron chi connectivity index (χ4n) is 4.01. The molecule has 25 heavy (non-hydrogen) atoms. The van der Waals surface area contributed by atoms with E-state index in [-0.39, 0.29) is 17.9 Å². The number of nitrogens with one attached hydrogen (secondary N) is 1. The van der Waals surface area contributed by atoms with Gasteiger partial charge in [0.25, 0.3) is 5.91 Å². The number of hydrogen-bond donors (Lipinski definition) is 1. The van der Waals surface area contributed by atoms with Crippen molar-refractivity contribution in [2.45, 2.75) is 63.8 Å². The van der Waals surface area contributed by atoms with Crippen LogP contribution in [0.5, 0.6) is 0 Å². The number of piperidine rings is 1. The van der Waals surface area contributed by atoms with E-state index in [9.17, 15) is 9.59 Å². The zero-order valence-electron chi connectivity index (χ0n) is 15.0. The number of aromatic nitrogens is 1. The van der Waals surface area contributed by atoms with Crippen LogP contribution in [-0.4, -0.2) is 40.8 Å². The highest BCUT2D eigenvalue weighted by Gasteiger charge is 2.25. The van der Waals surface area contributed by atoms with E-state index in [1.807, 2.05) is 4.90 Å². The van der Waals surface area contributed by atoms with Crippen LogP contribution in [0.3, 0.4) is 0 Å². The van der Waals surface area contributed by atoms with Crippen LogP contribution in [0.25, 0.3) is 0 Å².